The van der Waals surface area contributed by atoms with Crippen molar-refractivity contribution in [2.75, 3.05) is 13.6 Å². The molecule has 2 aromatic carbocycles. The zero-order valence-electron chi connectivity index (χ0n) is 14.8. The first-order valence-electron chi connectivity index (χ1n) is 8.66. The third kappa shape index (κ3) is 4.08. The van der Waals surface area contributed by atoms with Gasteiger partial charge in [0, 0.05) is 33.1 Å². The van der Waals surface area contributed by atoms with E-state index in [4.69, 9.17) is 0 Å². The number of rotatable bonds is 5. The van der Waals surface area contributed by atoms with Crippen LogP contribution < -0.4 is 0 Å². The number of nitrogens with zero attached hydrogens (tertiary/aromatic N) is 2. The summed E-state index contributed by atoms with van der Waals surface area (Å²) in [6.07, 6.45) is 0.309. The van der Waals surface area contributed by atoms with Crippen molar-refractivity contribution in [3.05, 3.63) is 71.3 Å². The smallest absolute Gasteiger partial charge is 0.228 e. The molecule has 1 aliphatic rings. The van der Waals surface area contributed by atoms with E-state index in [1.165, 1.54) is 5.56 Å². The van der Waals surface area contributed by atoms with Crippen LogP contribution in [0.25, 0.3) is 0 Å². The second-order valence-electron chi connectivity index (χ2n) is 6.78. The maximum atomic E-state index is 12.8. The lowest BCUT2D eigenvalue weighted by atomic mass is 10.1. The molecule has 0 aromatic heterocycles. The molecule has 0 spiro atoms. The summed E-state index contributed by atoms with van der Waals surface area (Å²) in [5, 5.41) is 0. The molecule has 130 valence electrons. The van der Waals surface area contributed by atoms with Crippen LogP contribution in [0.3, 0.4) is 0 Å². The molecule has 0 radical (unpaired) electrons. The lowest BCUT2D eigenvalue weighted by Gasteiger charge is -2.22. The second-order valence-corrected chi connectivity index (χ2v) is 6.78. The Morgan fingerprint density at radius 2 is 1.80 bits per heavy atom. The first kappa shape index (κ1) is 17.2. The average molecular weight is 336 g/mol. The van der Waals surface area contributed by atoms with Crippen LogP contribution in [0.4, 0.5) is 0 Å². The third-order valence-corrected chi connectivity index (χ3v) is 4.82. The molecule has 0 saturated carbocycles. The van der Waals surface area contributed by atoms with E-state index in [1.54, 1.807) is 9.80 Å². The third-order valence-electron chi connectivity index (χ3n) is 4.82. The Balaban J connectivity index is 1.61. The fourth-order valence-electron chi connectivity index (χ4n) is 3.33. The quantitative estimate of drug-likeness (QED) is 0.842. The number of benzene rings is 2. The highest BCUT2D eigenvalue weighted by Gasteiger charge is 2.35. The molecule has 0 aliphatic carbocycles. The molecule has 1 saturated heterocycles. The summed E-state index contributed by atoms with van der Waals surface area (Å²) in [7, 11) is 1.82. The van der Waals surface area contributed by atoms with E-state index in [2.05, 4.69) is 0 Å². The molecule has 1 heterocycles. The fourth-order valence-corrected chi connectivity index (χ4v) is 3.33. The summed E-state index contributed by atoms with van der Waals surface area (Å²) in [5.74, 6) is -0.135. The van der Waals surface area contributed by atoms with Gasteiger partial charge >= 0.3 is 0 Å². The van der Waals surface area contributed by atoms with Crippen molar-refractivity contribution in [2.45, 2.75) is 26.4 Å². The minimum Gasteiger partial charge on any atom is -0.341 e. The molecule has 1 aliphatic heterocycles. The summed E-state index contributed by atoms with van der Waals surface area (Å²) in [6.45, 7) is 3.71. The zero-order chi connectivity index (χ0) is 17.8. The van der Waals surface area contributed by atoms with Gasteiger partial charge in [0.2, 0.25) is 11.8 Å². The highest BCUT2D eigenvalue weighted by molar-refractivity contribution is 5.89. The van der Waals surface area contributed by atoms with E-state index in [0.717, 1.165) is 11.1 Å². The second kappa shape index (κ2) is 7.51. The molecule has 0 N–H and O–H groups in total. The summed E-state index contributed by atoms with van der Waals surface area (Å²) < 4.78 is 0. The molecule has 4 heteroatoms. The lowest BCUT2D eigenvalue weighted by molar-refractivity contribution is -0.135. The average Bonchev–Trinajstić information content (AvgIpc) is 2.98. The predicted molar refractivity (Wildman–Crippen MR) is 97.6 cm³/mol. The van der Waals surface area contributed by atoms with Crippen molar-refractivity contribution in [1.82, 2.24) is 9.80 Å². The van der Waals surface area contributed by atoms with E-state index in [0.29, 0.717) is 26.1 Å². The molecule has 0 bridgehead atoms. The van der Waals surface area contributed by atoms with Gasteiger partial charge in [-0.3, -0.25) is 9.59 Å². The Labute approximate surface area is 149 Å². The van der Waals surface area contributed by atoms with Crippen molar-refractivity contribution in [3.8, 4) is 0 Å². The summed E-state index contributed by atoms with van der Waals surface area (Å²) in [4.78, 5) is 28.6. The molecule has 4 nitrogen and oxygen atoms in total. The number of hydrogen-bond acceptors (Lipinski definition) is 2. The van der Waals surface area contributed by atoms with Crippen molar-refractivity contribution < 1.29 is 9.59 Å². The Hall–Kier alpha value is -2.62. The van der Waals surface area contributed by atoms with Crippen molar-refractivity contribution in [1.29, 1.82) is 0 Å². The van der Waals surface area contributed by atoms with Crippen molar-refractivity contribution in [2.24, 2.45) is 5.92 Å². The zero-order valence-corrected chi connectivity index (χ0v) is 14.8. The fraction of sp³-hybridized carbons (Fsp3) is 0.333. The Bertz CT molecular complexity index is 758. The molecule has 3 rings (SSSR count). The largest absolute Gasteiger partial charge is 0.341 e. The van der Waals surface area contributed by atoms with E-state index < -0.39 is 0 Å². The van der Waals surface area contributed by atoms with Gasteiger partial charge in [-0.15, -0.1) is 0 Å². The van der Waals surface area contributed by atoms with Gasteiger partial charge in [0.05, 0.1) is 5.92 Å². The normalized spacial score (nSPS) is 17.0. The number of hydrogen-bond donors (Lipinski definition) is 0. The SMILES string of the molecule is Cc1ccccc1CN(C)C(=O)C1CC(=O)N(Cc2ccccc2)C1. The number of likely N-dealkylation sites (tertiary alicyclic amines) is 1. The molecular formula is C21H24N2O2. The van der Waals surface area contributed by atoms with E-state index in [1.807, 2.05) is 68.6 Å². The first-order valence-corrected chi connectivity index (χ1v) is 8.66. The molecule has 1 unspecified atom stereocenters. The van der Waals surface area contributed by atoms with Gasteiger partial charge in [-0.05, 0) is 23.6 Å². The van der Waals surface area contributed by atoms with Gasteiger partial charge in [0.15, 0.2) is 0 Å². The maximum absolute atomic E-state index is 12.8. The molecular weight excluding hydrogens is 312 g/mol. The molecule has 2 aromatic rings. The topological polar surface area (TPSA) is 40.6 Å². The number of amides is 2. The van der Waals surface area contributed by atoms with Crippen LogP contribution in [0.1, 0.15) is 23.1 Å². The van der Waals surface area contributed by atoms with Crippen LogP contribution in [0, 0.1) is 12.8 Å². The standard InChI is InChI=1S/C21H24N2O2/c1-16-8-6-7-11-18(16)14-22(2)21(25)19-12-20(24)23(15-19)13-17-9-4-3-5-10-17/h3-11,19H,12-15H2,1-2H3. The van der Waals surface area contributed by atoms with Gasteiger partial charge in [-0.1, -0.05) is 54.6 Å². The minimum absolute atomic E-state index is 0.0483. The van der Waals surface area contributed by atoms with E-state index >= 15 is 0 Å². The molecule has 1 atom stereocenters. The Kier molecular flexibility index (Phi) is 5.17. The van der Waals surface area contributed by atoms with Crippen LogP contribution in [0.2, 0.25) is 0 Å². The minimum atomic E-state index is -0.245. The number of carbonyl (C=O) groups excluding carboxylic acids is 2. The Morgan fingerprint density at radius 1 is 1.12 bits per heavy atom. The highest BCUT2D eigenvalue weighted by Crippen LogP contribution is 2.23. The van der Waals surface area contributed by atoms with E-state index in [9.17, 15) is 9.59 Å². The number of carbonyl (C=O) groups is 2. The monoisotopic (exact) mass is 336 g/mol. The van der Waals surface area contributed by atoms with Crippen molar-refractivity contribution in [3.63, 3.8) is 0 Å². The predicted octanol–water partition coefficient (Wildman–Crippen LogP) is 3.00. The van der Waals surface area contributed by atoms with Crippen LogP contribution in [0.15, 0.2) is 54.6 Å². The summed E-state index contributed by atoms with van der Waals surface area (Å²) in [5.41, 5.74) is 3.41. The highest BCUT2D eigenvalue weighted by atomic mass is 16.2. The molecule has 1 fully saturated rings. The van der Waals surface area contributed by atoms with Gasteiger partial charge in [0.25, 0.3) is 0 Å². The molecule has 2 amide bonds. The summed E-state index contributed by atoms with van der Waals surface area (Å²) in [6, 6.07) is 18.0. The van der Waals surface area contributed by atoms with Crippen LogP contribution in [-0.2, 0) is 22.7 Å². The lowest BCUT2D eigenvalue weighted by Crippen LogP contribution is -2.34. The van der Waals surface area contributed by atoms with E-state index in [-0.39, 0.29) is 17.7 Å². The van der Waals surface area contributed by atoms with Crippen molar-refractivity contribution >= 4 is 11.8 Å². The Morgan fingerprint density at radius 3 is 2.52 bits per heavy atom. The first-order chi connectivity index (χ1) is 12.0. The van der Waals surface area contributed by atoms with Gasteiger partial charge < -0.3 is 9.80 Å². The van der Waals surface area contributed by atoms with Crippen LogP contribution in [-0.4, -0.2) is 35.2 Å². The molecule has 25 heavy (non-hydrogen) atoms. The van der Waals surface area contributed by atoms with Gasteiger partial charge in [0.1, 0.15) is 0 Å². The van der Waals surface area contributed by atoms with Gasteiger partial charge in [-0.25, -0.2) is 0 Å². The summed E-state index contributed by atoms with van der Waals surface area (Å²) >= 11 is 0. The van der Waals surface area contributed by atoms with Gasteiger partial charge in [-0.2, -0.15) is 0 Å². The maximum Gasteiger partial charge on any atom is 0.228 e. The van der Waals surface area contributed by atoms with Crippen LogP contribution >= 0.6 is 0 Å². The number of aryl methyl sites for hydroxylation is 1. The van der Waals surface area contributed by atoms with Crippen LogP contribution in [0.5, 0.6) is 0 Å².